The Labute approximate surface area is 107 Å². The van der Waals surface area contributed by atoms with Gasteiger partial charge in [0.1, 0.15) is 23.8 Å². The van der Waals surface area contributed by atoms with Crippen molar-refractivity contribution in [3.05, 3.63) is 60.4 Å². The van der Waals surface area contributed by atoms with E-state index >= 15 is 0 Å². The van der Waals surface area contributed by atoms with Crippen LogP contribution in [-0.4, -0.2) is 9.97 Å². The summed E-state index contributed by atoms with van der Waals surface area (Å²) in [5, 5.41) is 3.52. The number of aromatic nitrogens is 2. The molecule has 1 heterocycles. The summed E-state index contributed by atoms with van der Waals surface area (Å²) in [7, 11) is 0. The van der Waals surface area contributed by atoms with Crippen LogP contribution in [0.15, 0.2) is 48.8 Å². The summed E-state index contributed by atoms with van der Waals surface area (Å²) in [6.07, 6.45) is 1.31. The van der Waals surface area contributed by atoms with Gasteiger partial charge in [0, 0.05) is 11.5 Å². The predicted molar refractivity (Wildman–Crippen MR) is 69.2 cm³/mol. The van der Waals surface area contributed by atoms with Crippen LogP contribution in [0.3, 0.4) is 0 Å². The van der Waals surface area contributed by atoms with Gasteiger partial charge in [-0.25, -0.2) is 18.7 Å². The minimum absolute atomic E-state index is 0.312. The normalized spacial score (nSPS) is 10.6. The number of fused-ring (bicyclic) bond motifs is 1. The largest absolute Gasteiger partial charge is 0.337 e. The Morgan fingerprint density at radius 2 is 1.79 bits per heavy atom. The van der Waals surface area contributed by atoms with E-state index in [2.05, 4.69) is 15.3 Å². The average molecular weight is 257 g/mol. The van der Waals surface area contributed by atoms with E-state index < -0.39 is 0 Å². The molecule has 0 spiro atoms. The second-order valence-electron chi connectivity index (χ2n) is 3.99. The molecule has 5 heteroatoms. The predicted octanol–water partition coefficient (Wildman–Crippen LogP) is 3.65. The number of benzene rings is 2. The van der Waals surface area contributed by atoms with Crippen LogP contribution >= 0.6 is 0 Å². The molecule has 0 saturated heterocycles. The number of nitrogens with zero attached hydrogens (tertiary/aromatic N) is 2. The van der Waals surface area contributed by atoms with Gasteiger partial charge in [-0.3, -0.25) is 0 Å². The number of rotatable bonds is 2. The van der Waals surface area contributed by atoms with Gasteiger partial charge in [0.15, 0.2) is 0 Å². The Kier molecular flexibility index (Phi) is 2.79. The summed E-state index contributed by atoms with van der Waals surface area (Å²) in [5.41, 5.74) is 0.778. The van der Waals surface area contributed by atoms with Gasteiger partial charge in [-0.1, -0.05) is 12.1 Å². The van der Waals surface area contributed by atoms with Gasteiger partial charge in [-0.2, -0.15) is 0 Å². The molecule has 0 fully saturated rings. The molecule has 0 aliphatic heterocycles. The van der Waals surface area contributed by atoms with E-state index in [1.165, 1.54) is 24.5 Å². The SMILES string of the molecule is Fc1ccc2c(Nc3ccccc3F)ncnc2c1. The second-order valence-corrected chi connectivity index (χ2v) is 3.99. The van der Waals surface area contributed by atoms with Crippen molar-refractivity contribution < 1.29 is 8.78 Å². The summed E-state index contributed by atoms with van der Waals surface area (Å²) in [5.74, 6) is -0.311. The lowest BCUT2D eigenvalue weighted by Crippen LogP contribution is -1.98. The quantitative estimate of drug-likeness (QED) is 0.761. The molecule has 3 rings (SSSR count). The van der Waals surface area contributed by atoms with Gasteiger partial charge in [-0.15, -0.1) is 0 Å². The molecule has 1 N–H and O–H groups in total. The van der Waals surface area contributed by atoms with Crippen LogP contribution in [0.2, 0.25) is 0 Å². The van der Waals surface area contributed by atoms with Crippen molar-refractivity contribution in [2.24, 2.45) is 0 Å². The van der Waals surface area contributed by atoms with E-state index in [0.717, 1.165) is 0 Å². The highest BCUT2D eigenvalue weighted by molar-refractivity contribution is 5.90. The topological polar surface area (TPSA) is 37.8 Å². The van der Waals surface area contributed by atoms with Crippen LogP contribution in [0.5, 0.6) is 0 Å². The van der Waals surface area contributed by atoms with Crippen LogP contribution in [0.25, 0.3) is 10.9 Å². The number of para-hydroxylation sites is 1. The van der Waals surface area contributed by atoms with Crippen LogP contribution in [0, 0.1) is 11.6 Å². The molecule has 0 aliphatic rings. The third kappa shape index (κ3) is 2.22. The van der Waals surface area contributed by atoms with E-state index in [1.807, 2.05) is 0 Å². The third-order valence-corrected chi connectivity index (χ3v) is 2.73. The fourth-order valence-corrected chi connectivity index (χ4v) is 1.82. The van der Waals surface area contributed by atoms with Gasteiger partial charge in [0.05, 0.1) is 11.2 Å². The van der Waals surface area contributed by atoms with Crippen molar-refractivity contribution >= 4 is 22.4 Å². The molecule has 3 aromatic rings. The first-order valence-corrected chi connectivity index (χ1v) is 5.66. The van der Waals surface area contributed by atoms with E-state index in [4.69, 9.17) is 0 Å². The van der Waals surface area contributed by atoms with E-state index in [9.17, 15) is 8.78 Å². The maximum absolute atomic E-state index is 13.6. The molecule has 0 aliphatic carbocycles. The zero-order valence-electron chi connectivity index (χ0n) is 9.77. The number of halogens is 2. The first kappa shape index (κ1) is 11.5. The molecule has 0 radical (unpaired) electrons. The molecular weight excluding hydrogens is 248 g/mol. The monoisotopic (exact) mass is 257 g/mol. The van der Waals surface area contributed by atoms with Crippen LogP contribution in [-0.2, 0) is 0 Å². The molecule has 19 heavy (non-hydrogen) atoms. The number of anilines is 2. The van der Waals surface area contributed by atoms with Gasteiger partial charge in [0.25, 0.3) is 0 Å². The van der Waals surface area contributed by atoms with Crippen molar-refractivity contribution in [2.75, 3.05) is 5.32 Å². The minimum atomic E-state index is -0.378. The maximum Gasteiger partial charge on any atom is 0.146 e. The Morgan fingerprint density at radius 1 is 0.947 bits per heavy atom. The van der Waals surface area contributed by atoms with Crippen LogP contribution in [0.1, 0.15) is 0 Å². The van der Waals surface area contributed by atoms with Crippen LogP contribution in [0.4, 0.5) is 20.3 Å². The summed E-state index contributed by atoms with van der Waals surface area (Å²) in [6, 6.07) is 10.5. The lowest BCUT2D eigenvalue weighted by atomic mass is 10.2. The zero-order chi connectivity index (χ0) is 13.2. The van der Waals surface area contributed by atoms with Gasteiger partial charge >= 0.3 is 0 Å². The molecule has 2 aromatic carbocycles. The molecule has 0 atom stereocenters. The fourth-order valence-electron chi connectivity index (χ4n) is 1.82. The Morgan fingerprint density at radius 3 is 2.63 bits per heavy atom. The van der Waals surface area contributed by atoms with E-state index in [1.54, 1.807) is 24.3 Å². The van der Waals surface area contributed by atoms with Gasteiger partial charge in [-0.05, 0) is 24.3 Å². The highest BCUT2D eigenvalue weighted by atomic mass is 19.1. The van der Waals surface area contributed by atoms with Crippen molar-refractivity contribution in [3.63, 3.8) is 0 Å². The zero-order valence-corrected chi connectivity index (χ0v) is 9.77. The molecule has 94 valence electrons. The van der Waals surface area contributed by atoms with Crippen molar-refractivity contribution in [3.8, 4) is 0 Å². The lowest BCUT2D eigenvalue weighted by Gasteiger charge is -2.08. The first-order chi connectivity index (χ1) is 9.24. The number of hydrogen-bond acceptors (Lipinski definition) is 3. The Balaban J connectivity index is 2.09. The van der Waals surface area contributed by atoms with E-state index in [0.29, 0.717) is 22.4 Å². The van der Waals surface area contributed by atoms with Gasteiger partial charge in [0.2, 0.25) is 0 Å². The molecule has 1 aromatic heterocycles. The van der Waals surface area contributed by atoms with Crippen molar-refractivity contribution in [2.45, 2.75) is 0 Å². The molecule has 0 saturated carbocycles. The Bertz CT molecular complexity index is 744. The summed E-state index contributed by atoms with van der Waals surface area (Å²) < 4.78 is 26.7. The summed E-state index contributed by atoms with van der Waals surface area (Å²) in [6.45, 7) is 0. The molecule has 0 unspecified atom stereocenters. The van der Waals surface area contributed by atoms with Crippen molar-refractivity contribution in [1.82, 2.24) is 9.97 Å². The number of hydrogen-bond donors (Lipinski definition) is 1. The molecule has 0 bridgehead atoms. The van der Waals surface area contributed by atoms with Crippen LogP contribution < -0.4 is 5.32 Å². The minimum Gasteiger partial charge on any atom is -0.337 e. The van der Waals surface area contributed by atoms with E-state index in [-0.39, 0.29) is 11.6 Å². The second kappa shape index (κ2) is 4.61. The highest BCUT2D eigenvalue weighted by Crippen LogP contribution is 2.24. The fraction of sp³-hybridized carbons (Fsp3) is 0. The Hall–Kier alpha value is -2.56. The summed E-state index contributed by atoms with van der Waals surface area (Å²) >= 11 is 0. The highest BCUT2D eigenvalue weighted by Gasteiger charge is 2.07. The molecular formula is C14H9F2N3. The van der Waals surface area contributed by atoms with Gasteiger partial charge < -0.3 is 5.32 Å². The molecule has 3 nitrogen and oxygen atoms in total. The maximum atomic E-state index is 13.6. The standard InChI is InChI=1S/C14H9F2N3/c15-9-5-6-10-13(7-9)17-8-18-14(10)19-12-4-2-1-3-11(12)16/h1-8H,(H,17,18,19). The summed E-state index contributed by atoms with van der Waals surface area (Å²) in [4.78, 5) is 8.04. The third-order valence-electron chi connectivity index (χ3n) is 2.73. The average Bonchev–Trinajstić information content (AvgIpc) is 2.41. The number of nitrogens with one attached hydrogen (secondary N) is 1. The first-order valence-electron chi connectivity index (χ1n) is 5.66. The molecule has 0 amide bonds. The smallest absolute Gasteiger partial charge is 0.146 e. The van der Waals surface area contributed by atoms with Crippen molar-refractivity contribution in [1.29, 1.82) is 0 Å². The lowest BCUT2D eigenvalue weighted by molar-refractivity contribution is 0.629.